The van der Waals surface area contributed by atoms with Gasteiger partial charge in [0, 0.05) is 23.2 Å². The van der Waals surface area contributed by atoms with Gasteiger partial charge in [-0.25, -0.2) is 4.98 Å². The number of nitrogens with one attached hydrogen (secondary N) is 1. The molecule has 114 valence electrons. The minimum absolute atomic E-state index is 0.0178. The summed E-state index contributed by atoms with van der Waals surface area (Å²) in [4.78, 5) is 16.1. The predicted octanol–water partition coefficient (Wildman–Crippen LogP) is 4.50. The lowest BCUT2D eigenvalue weighted by Crippen LogP contribution is -2.32. The van der Waals surface area contributed by atoms with Crippen molar-refractivity contribution in [3.63, 3.8) is 0 Å². The summed E-state index contributed by atoms with van der Waals surface area (Å²) in [5.41, 5.74) is 1.62. The molecule has 1 N–H and O–H groups in total. The Morgan fingerprint density at radius 1 is 1.18 bits per heavy atom. The number of carbonyl (C=O) groups excluding carboxylic acids is 1. The van der Waals surface area contributed by atoms with Crippen molar-refractivity contribution in [1.29, 1.82) is 0 Å². The van der Waals surface area contributed by atoms with E-state index in [1.807, 2.05) is 24.3 Å². The average Bonchev–Trinajstić information content (AvgIpc) is 3.29. The zero-order valence-corrected chi connectivity index (χ0v) is 13.8. The van der Waals surface area contributed by atoms with E-state index in [-0.39, 0.29) is 21.5 Å². The molecule has 1 fully saturated rings. The minimum Gasteiger partial charge on any atom is -0.351 e. The number of amides is 1. The van der Waals surface area contributed by atoms with Crippen LogP contribution >= 0.6 is 34.8 Å². The largest absolute Gasteiger partial charge is 0.351 e. The molecular formula is C16H13Cl3N2O. The maximum absolute atomic E-state index is 12.2. The van der Waals surface area contributed by atoms with Crippen molar-refractivity contribution in [2.24, 2.45) is 0 Å². The SMILES string of the molecule is O=C(NCC1(c2ccc(Cl)cc2)CC1)c1cnc(Cl)c(Cl)c1. The highest BCUT2D eigenvalue weighted by molar-refractivity contribution is 6.41. The molecule has 1 saturated carbocycles. The van der Waals surface area contributed by atoms with E-state index in [1.54, 1.807) is 0 Å². The van der Waals surface area contributed by atoms with Crippen molar-refractivity contribution in [1.82, 2.24) is 10.3 Å². The van der Waals surface area contributed by atoms with E-state index in [4.69, 9.17) is 34.8 Å². The van der Waals surface area contributed by atoms with Gasteiger partial charge >= 0.3 is 0 Å². The molecule has 0 radical (unpaired) electrons. The molecule has 2 aromatic rings. The average molecular weight is 356 g/mol. The fraction of sp³-hybridized carbons (Fsp3) is 0.250. The van der Waals surface area contributed by atoms with Gasteiger partial charge in [-0.3, -0.25) is 4.79 Å². The first-order chi connectivity index (χ1) is 10.5. The summed E-state index contributed by atoms with van der Waals surface area (Å²) >= 11 is 17.6. The second-order valence-corrected chi connectivity index (χ2v) is 6.67. The Labute approximate surface area is 143 Å². The molecule has 1 aromatic carbocycles. The van der Waals surface area contributed by atoms with E-state index < -0.39 is 0 Å². The lowest BCUT2D eigenvalue weighted by molar-refractivity contribution is 0.0949. The molecule has 3 nitrogen and oxygen atoms in total. The molecule has 0 bridgehead atoms. The van der Waals surface area contributed by atoms with Crippen molar-refractivity contribution in [2.45, 2.75) is 18.3 Å². The van der Waals surface area contributed by atoms with Gasteiger partial charge in [-0.2, -0.15) is 0 Å². The number of carbonyl (C=O) groups is 1. The molecule has 0 aliphatic heterocycles. The van der Waals surface area contributed by atoms with Crippen molar-refractivity contribution in [3.05, 3.63) is 62.9 Å². The quantitative estimate of drug-likeness (QED) is 0.820. The molecule has 0 unspecified atom stereocenters. The highest BCUT2D eigenvalue weighted by atomic mass is 35.5. The normalized spacial score (nSPS) is 15.4. The van der Waals surface area contributed by atoms with E-state index in [0.29, 0.717) is 17.1 Å². The Hall–Kier alpha value is -1.29. The molecule has 0 saturated heterocycles. The summed E-state index contributed by atoms with van der Waals surface area (Å²) in [5.74, 6) is -0.202. The maximum Gasteiger partial charge on any atom is 0.252 e. The third kappa shape index (κ3) is 3.22. The molecule has 1 aliphatic rings. The molecule has 3 rings (SSSR count). The maximum atomic E-state index is 12.2. The Morgan fingerprint density at radius 3 is 2.45 bits per heavy atom. The fourth-order valence-electron chi connectivity index (χ4n) is 2.42. The molecular weight excluding hydrogens is 343 g/mol. The number of pyridine rings is 1. The lowest BCUT2D eigenvalue weighted by Gasteiger charge is -2.17. The third-order valence-electron chi connectivity index (χ3n) is 3.96. The molecule has 0 spiro atoms. The van der Waals surface area contributed by atoms with E-state index >= 15 is 0 Å². The van der Waals surface area contributed by atoms with Crippen LogP contribution in [-0.2, 0) is 5.41 Å². The van der Waals surface area contributed by atoms with Gasteiger partial charge in [0.25, 0.3) is 5.91 Å². The van der Waals surface area contributed by atoms with Gasteiger partial charge in [0.15, 0.2) is 0 Å². The first kappa shape index (κ1) is 15.6. The van der Waals surface area contributed by atoms with E-state index in [1.165, 1.54) is 17.8 Å². The van der Waals surface area contributed by atoms with E-state index in [9.17, 15) is 4.79 Å². The first-order valence-corrected chi connectivity index (χ1v) is 7.99. The Morgan fingerprint density at radius 2 is 1.86 bits per heavy atom. The van der Waals surface area contributed by atoms with Crippen molar-refractivity contribution in [2.75, 3.05) is 6.54 Å². The number of rotatable bonds is 4. The number of nitrogens with zero attached hydrogens (tertiary/aromatic N) is 1. The Balaban J connectivity index is 1.68. The number of benzene rings is 1. The molecule has 1 aliphatic carbocycles. The second-order valence-electron chi connectivity index (χ2n) is 5.47. The zero-order chi connectivity index (χ0) is 15.7. The highest BCUT2D eigenvalue weighted by Crippen LogP contribution is 2.47. The molecule has 1 aromatic heterocycles. The third-order valence-corrected chi connectivity index (χ3v) is 4.89. The van der Waals surface area contributed by atoms with Gasteiger partial charge in [0.2, 0.25) is 0 Å². The minimum atomic E-state index is -0.202. The smallest absolute Gasteiger partial charge is 0.252 e. The Bertz CT molecular complexity index is 712. The van der Waals surface area contributed by atoms with Crippen molar-refractivity contribution < 1.29 is 4.79 Å². The summed E-state index contributed by atoms with van der Waals surface area (Å²) in [6, 6.07) is 9.31. The van der Waals surface area contributed by atoms with Gasteiger partial charge in [0.05, 0.1) is 10.6 Å². The topological polar surface area (TPSA) is 42.0 Å². The summed E-state index contributed by atoms with van der Waals surface area (Å²) in [6.45, 7) is 0.577. The second kappa shape index (κ2) is 6.07. The zero-order valence-electron chi connectivity index (χ0n) is 11.6. The van der Waals surface area contributed by atoms with Crippen LogP contribution in [0.4, 0.5) is 0 Å². The van der Waals surface area contributed by atoms with Gasteiger partial charge in [0.1, 0.15) is 5.15 Å². The molecule has 1 heterocycles. The van der Waals surface area contributed by atoms with Crippen LogP contribution in [0.1, 0.15) is 28.8 Å². The van der Waals surface area contributed by atoms with Crippen molar-refractivity contribution >= 4 is 40.7 Å². The van der Waals surface area contributed by atoms with Crippen LogP contribution in [-0.4, -0.2) is 17.4 Å². The molecule has 1 amide bonds. The van der Waals surface area contributed by atoms with Crippen LogP contribution in [0.3, 0.4) is 0 Å². The summed E-state index contributed by atoms with van der Waals surface area (Å²) in [5, 5.41) is 4.13. The van der Waals surface area contributed by atoms with Crippen molar-refractivity contribution in [3.8, 4) is 0 Å². The van der Waals surface area contributed by atoms with E-state index in [2.05, 4.69) is 10.3 Å². The number of aromatic nitrogens is 1. The Kier molecular flexibility index (Phi) is 4.31. The molecule has 6 heteroatoms. The molecule has 22 heavy (non-hydrogen) atoms. The highest BCUT2D eigenvalue weighted by Gasteiger charge is 2.44. The van der Waals surface area contributed by atoms with Crippen LogP contribution in [0.15, 0.2) is 36.5 Å². The molecule has 0 atom stereocenters. The van der Waals surface area contributed by atoms with Crippen LogP contribution in [0.25, 0.3) is 0 Å². The van der Waals surface area contributed by atoms with E-state index in [0.717, 1.165) is 12.8 Å². The number of hydrogen-bond donors (Lipinski definition) is 1. The summed E-state index contributed by atoms with van der Waals surface area (Å²) in [7, 11) is 0. The van der Waals surface area contributed by atoms with Crippen LogP contribution in [0, 0.1) is 0 Å². The van der Waals surface area contributed by atoms with Crippen LogP contribution in [0.2, 0.25) is 15.2 Å². The summed E-state index contributed by atoms with van der Waals surface area (Å²) < 4.78 is 0. The summed E-state index contributed by atoms with van der Waals surface area (Å²) in [6.07, 6.45) is 3.52. The number of hydrogen-bond acceptors (Lipinski definition) is 2. The van der Waals surface area contributed by atoms with Crippen LogP contribution < -0.4 is 5.32 Å². The van der Waals surface area contributed by atoms with Crippen LogP contribution in [0.5, 0.6) is 0 Å². The lowest BCUT2D eigenvalue weighted by atomic mass is 9.96. The standard InChI is InChI=1S/C16H13Cl3N2O/c17-12-3-1-11(2-4-12)16(5-6-16)9-21-15(22)10-7-13(18)14(19)20-8-10/h1-4,7-8H,5-6,9H2,(H,21,22). The fourth-order valence-corrected chi connectivity index (χ4v) is 2.81. The van der Waals surface area contributed by atoms with Gasteiger partial charge in [-0.1, -0.05) is 46.9 Å². The monoisotopic (exact) mass is 354 g/mol. The first-order valence-electron chi connectivity index (χ1n) is 6.85. The predicted molar refractivity (Wildman–Crippen MR) is 89.0 cm³/mol. The number of halogens is 3. The van der Waals surface area contributed by atoms with Gasteiger partial charge in [-0.15, -0.1) is 0 Å². The van der Waals surface area contributed by atoms with Gasteiger partial charge in [-0.05, 0) is 36.6 Å². The van der Waals surface area contributed by atoms with Gasteiger partial charge < -0.3 is 5.32 Å².